The highest BCUT2D eigenvalue weighted by Gasteiger charge is 2.14. The molecule has 0 saturated heterocycles. The predicted octanol–water partition coefficient (Wildman–Crippen LogP) is 8.42. The third-order valence-corrected chi connectivity index (χ3v) is 7.83. The van der Waals surface area contributed by atoms with Crippen LogP contribution in [0.4, 0.5) is 0 Å². The molecule has 0 aliphatic rings. The number of unbranched alkanes of at least 4 members (excludes halogenated alkanes) is 8. The van der Waals surface area contributed by atoms with Crippen molar-refractivity contribution in [3.8, 4) is 11.5 Å². The molecule has 2 aromatic carbocycles. The first-order valence-electron chi connectivity index (χ1n) is 15.1. The summed E-state index contributed by atoms with van der Waals surface area (Å²) in [4.78, 5) is 24.7. The number of benzene rings is 2. The molecule has 2 aromatic rings. The van der Waals surface area contributed by atoms with E-state index in [0.29, 0.717) is 28.7 Å². The van der Waals surface area contributed by atoms with Crippen molar-refractivity contribution in [2.75, 3.05) is 7.11 Å². The van der Waals surface area contributed by atoms with Gasteiger partial charge in [0.25, 0.3) is 0 Å². The fraction of sp³-hybridized carbons (Fsp3) is 0.529. The summed E-state index contributed by atoms with van der Waals surface area (Å²) in [5, 5.41) is 12.9. The molecule has 2 rings (SSSR count). The molecule has 41 heavy (non-hydrogen) atoms. The first kappa shape index (κ1) is 34.7. The highest BCUT2D eigenvalue weighted by Crippen LogP contribution is 2.32. The number of carbonyl (C=O) groups is 2. The minimum atomic E-state index is -0.144. The number of nitrogens with one attached hydrogen (secondary N) is 1. The molecular weight excluding hydrogens is 629 g/mol. The van der Waals surface area contributed by atoms with Crippen LogP contribution >= 0.6 is 22.6 Å². The van der Waals surface area contributed by atoms with Crippen LogP contribution in [0.3, 0.4) is 0 Å². The summed E-state index contributed by atoms with van der Waals surface area (Å²) in [5.41, 5.74) is 1.89. The van der Waals surface area contributed by atoms with Gasteiger partial charge in [0.1, 0.15) is 6.10 Å². The van der Waals surface area contributed by atoms with Gasteiger partial charge in [0.15, 0.2) is 11.5 Å². The van der Waals surface area contributed by atoms with Crippen molar-refractivity contribution in [3.05, 3.63) is 69.3 Å². The maximum absolute atomic E-state index is 12.5. The average molecular weight is 678 g/mol. The molecule has 1 atom stereocenters. The Bertz CT molecular complexity index is 1060. The summed E-state index contributed by atoms with van der Waals surface area (Å²) in [6.07, 6.45) is 17.9. The molecule has 0 unspecified atom stereocenters. The fourth-order valence-corrected chi connectivity index (χ4v) is 5.30. The first-order valence-corrected chi connectivity index (χ1v) is 16.2. The first-order chi connectivity index (χ1) is 19.9. The number of carbonyl (C=O) groups excluding carboxylic acids is 2. The van der Waals surface area contributed by atoms with E-state index in [4.69, 9.17) is 9.47 Å². The van der Waals surface area contributed by atoms with Gasteiger partial charge in [-0.2, -0.15) is 0 Å². The molecule has 0 aromatic heterocycles. The number of hydrogen-bond acceptors (Lipinski definition) is 5. The molecule has 0 aliphatic heterocycles. The van der Waals surface area contributed by atoms with Gasteiger partial charge in [-0.25, -0.2) is 0 Å². The van der Waals surface area contributed by atoms with Crippen LogP contribution in [0.2, 0.25) is 0 Å². The number of halogens is 1. The van der Waals surface area contributed by atoms with Gasteiger partial charge >= 0.3 is 5.97 Å². The molecule has 0 fully saturated rings. The van der Waals surface area contributed by atoms with E-state index in [2.05, 4.69) is 47.0 Å². The topological polar surface area (TPSA) is 84.9 Å². The average Bonchev–Trinajstić information content (AvgIpc) is 2.97. The zero-order valence-electron chi connectivity index (χ0n) is 24.8. The van der Waals surface area contributed by atoms with E-state index in [1.54, 1.807) is 6.07 Å². The Morgan fingerprint density at radius 1 is 0.951 bits per heavy atom. The van der Waals surface area contributed by atoms with Gasteiger partial charge in [-0.3, -0.25) is 9.59 Å². The second kappa shape index (κ2) is 21.2. The molecule has 7 heteroatoms. The Morgan fingerprint density at radius 3 is 2.44 bits per heavy atom. The molecular formula is C34H48INO5. The van der Waals surface area contributed by atoms with Crippen molar-refractivity contribution < 1.29 is 24.2 Å². The van der Waals surface area contributed by atoms with Crippen LogP contribution in [0.5, 0.6) is 11.5 Å². The zero-order valence-corrected chi connectivity index (χ0v) is 27.0. The summed E-state index contributed by atoms with van der Waals surface area (Å²) in [6, 6.07) is 13.4. The van der Waals surface area contributed by atoms with Crippen molar-refractivity contribution in [1.82, 2.24) is 5.32 Å². The molecule has 0 bridgehead atoms. The van der Waals surface area contributed by atoms with Gasteiger partial charge in [-0.15, -0.1) is 0 Å². The van der Waals surface area contributed by atoms with Crippen molar-refractivity contribution in [3.63, 3.8) is 0 Å². The maximum atomic E-state index is 12.5. The molecule has 0 aliphatic carbocycles. The number of phenols is 1. The number of aromatic hydroxyl groups is 1. The minimum absolute atomic E-state index is 0.0451. The Labute approximate surface area is 260 Å². The van der Waals surface area contributed by atoms with Gasteiger partial charge in [-0.05, 0) is 78.0 Å². The van der Waals surface area contributed by atoms with Gasteiger partial charge < -0.3 is 19.9 Å². The van der Waals surface area contributed by atoms with Crippen LogP contribution in [0.15, 0.2) is 54.6 Å². The Hall–Kier alpha value is -2.55. The summed E-state index contributed by atoms with van der Waals surface area (Å²) < 4.78 is 11.7. The van der Waals surface area contributed by atoms with Crippen LogP contribution in [0.1, 0.15) is 102 Å². The molecule has 1 amide bonds. The molecule has 6 nitrogen and oxygen atoms in total. The second-order valence-corrected chi connectivity index (χ2v) is 11.7. The summed E-state index contributed by atoms with van der Waals surface area (Å²) >= 11 is 2.05. The van der Waals surface area contributed by atoms with E-state index in [0.717, 1.165) is 68.9 Å². The standard InChI is InChI=1S/C34H48INO5/c1-3-4-5-15-20-29(41-33(38)25-27-18-13-12-14-19-27)21-16-10-8-6-7-9-11-17-22-32(37)36-26-28-23-30(35)34(39)31(24-28)40-2/h10,12-14,16,18-19,23-24,29,39H,3-9,11,15,17,20-22,25-26H2,1-2H3,(H,36,37)/b16-10+/t29-/m1/s1. The monoisotopic (exact) mass is 677 g/mol. The lowest BCUT2D eigenvalue weighted by Gasteiger charge is -2.16. The van der Waals surface area contributed by atoms with Gasteiger partial charge in [-0.1, -0.05) is 87.9 Å². The van der Waals surface area contributed by atoms with Crippen molar-refractivity contribution in [2.45, 2.75) is 109 Å². The van der Waals surface area contributed by atoms with Gasteiger partial charge in [0.2, 0.25) is 5.91 Å². The van der Waals surface area contributed by atoms with E-state index in [1.165, 1.54) is 26.4 Å². The van der Waals surface area contributed by atoms with Crippen LogP contribution in [0, 0.1) is 3.57 Å². The number of methoxy groups -OCH3 is 1. The fourth-order valence-electron chi connectivity index (χ4n) is 4.63. The van der Waals surface area contributed by atoms with Crippen LogP contribution in [0.25, 0.3) is 0 Å². The number of phenolic OH excluding ortho intramolecular Hbond substituents is 1. The predicted molar refractivity (Wildman–Crippen MR) is 174 cm³/mol. The van der Waals surface area contributed by atoms with Crippen molar-refractivity contribution in [1.29, 1.82) is 0 Å². The lowest BCUT2D eigenvalue weighted by Crippen LogP contribution is -2.22. The number of esters is 1. The lowest BCUT2D eigenvalue weighted by molar-refractivity contribution is -0.148. The molecule has 226 valence electrons. The minimum Gasteiger partial charge on any atom is -0.504 e. The molecule has 2 N–H and O–H groups in total. The lowest BCUT2D eigenvalue weighted by atomic mass is 10.1. The third kappa shape index (κ3) is 15.3. The van der Waals surface area contributed by atoms with E-state index < -0.39 is 0 Å². The Morgan fingerprint density at radius 2 is 1.68 bits per heavy atom. The number of hydrogen-bond donors (Lipinski definition) is 2. The van der Waals surface area contributed by atoms with E-state index >= 15 is 0 Å². The second-order valence-electron chi connectivity index (χ2n) is 10.5. The third-order valence-electron chi connectivity index (χ3n) is 7.01. The Kier molecular flexibility index (Phi) is 17.9. The van der Waals surface area contributed by atoms with Crippen molar-refractivity contribution in [2.24, 2.45) is 0 Å². The van der Waals surface area contributed by atoms with E-state index in [-0.39, 0.29) is 23.7 Å². The highest BCUT2D eigenvalue weighted by molar-refractivity contribution is 14.1. The molecule has 0 radical (unpaired) electrons. The van der Waals surface area contributed by atoms with Gasteiger partial charge in [0.05, 0.1) is 17.1 Å². The largest absolute Gasteiger partial charge is 0.504 e. The van der Waals surface area contributed by atoms with Crippen molar-refractivity contribution >= 4 is 34.5 Å². The molecule has 0 heterocycles. The van der Waals surface area contributed by atoms with Crippen LogP contribution < -0.4 is 10.1 Å². The van der Waals surface area contributed by atoms with E-state index in [1.807, 2.05) is 36.4 Å². The zero-order chi connectivity index (χ0) is 29.7. The number of ether oxygens (including phenoxy) is 2. The number of allylic oxidation sites excluding steroid dienone is 1. The summed E-state index contributed by atoms with van der Waals surface area (Å²) in [7, 11) is 1.52. The number of amides is 1. The van der Waals surface area contributed by atoms with E-state index in [9.17, 15) is 14.7 Å². The Balaban J connectivity index is 1.57. The SMILES string of the molecule is CCCCCC[C@H](C/C=C/CCCCCCCC(=O)NCc1cc(I)c(O)c(OC)c1)OC(=O)Cc1ccccc1. The highest BCUT2D eigenvalue weighted by atomic mass is 127. The van der Waals surface area contributed by atoms with Crippen LogP contribution in [-0.2, 0) is 27.3 Å². The molecule has 0 saturated carbocycles. The maximum Gasteiger partial charge on any atom is 0.310 e. The van der Waals surface area contributed by atoms with Gasteiger partial charge in [0, 0.05) is 19.4 Å². The van der Waals surface area contributed by atoms with Crippen LogP contribution in [-0.4, -0.2) is 30.2 Å². The number of rotatable bonds is 21. The summed E-state index contributed by atoms with van der Waals surface area (Å²) in [6.45, 7) is 2.63. The molecule has 0 spiro atoms. The smallest absolute Gasteiger partial charge is 0.310 e. The normalized spacial score (nSPS) is 11.9. The quantitative estimate of drug-likeness (QED) is 0.0600. The summed E-state index contributed by atoms with van der Waals surface area (Å²) in [5.74, 6) is 0.444.